The summed E-state index contributed by atoms with van der Waals surface area (Å²) in [6, 6.07) is 4.16. The second-order valence-electron chi connectivity index (χ2n) is 6.74. The van der Waals surface area contributed by atoms with Gasteiger partial charge in [-0.1, -0.05) is 5.16 Å². The van der Waals surface area contributed by atoms with Crippen LogP contribution in [0.1, 0.15) is 35.4 Å². The Kier molecular flexibility index (Phi) is 3.51. The zero-order valence-corrected chi connectivity index (χ0v) is 14.5. The van der Waals surface area contributed by atoms with Gasteiger partial charge >= 0.3 is 0 Å². The summed E-state index contributed by atoms with van der Waals surface area (Å²) in [6.45, 7) is 2.41. The lowest BCUT2D eigenvalue weighted by Crippen LogP contribution is -2.06. The molecular weight excluding hydrogens is 328 g/mol. The molecule has 130 valence electrons. The van der Waals surface area contributed by atoms with Crippen LogP contribution >= 0.6 is 0 Å². The van der Waals surface area contributed by atoms with Gasteiger partial charge in [-0.3, -0.25) is 4.98 Å². The van der Waals surface area contributed by atoms with Crippen molar-refractivity contribution in [3.05, 3.63) is 53.3 Å². The van der Waals surface area contributed by atoms with Crippen LogP contribution in [0.3, 0.4) is 0 Å². The van der Waals surface area contributed by atoms with Crippen molar-refractivity contribution in [2.75, 3.05) is 0 Å². The van der Waals surface area contributed by atoms with Gasteiger partial charge in [0.2, 0.25) is 11.7 Å². The molecule has 0 saturated heterocycles. The van der Waals surface area contributed by atoms with E-state index in [1.807, 2.05) is 25.5 Å². The van der Waals surface area contributed by atoms with Gasteiger partial charge in [0.25, 0.3) is 0 Å². The maximum atomic E-state index is 5.47. The molecule has 0 unspecified atom stereocenters. The molecule has 7 nitrogen and oxygen atoms in total. The molecule has 0 amide bonds. The molecular formula is C19H18N6O. The number of aromatic nitrogens is 6. The van der Waals surface area contributed by atoms with Crippen molar-refractivity contribution in [2.24, 2.45) is 0 Å². The summed E-state index contributed by atoms with van der Waals surface area (Å²) in [4.78, 5) is 13.5. The zero-order valence-electron chi connectivity index (χ0n) is 14.5. The molecule has 0 N–H and O–H groups in total. The summed E-state index contributed by atoms with van der Waals surface area (Å²) in [5, 5.41) is 9.56. The van der Waals surface area contributed by atoms with E-state index in [0.717, 1.165) is 35.1 Å². The molecule has 1 aliphatic carbocycles. The van der Waals surface area contributed by atoms with E-state index in [-0.39, 0.29) is 0 Å². The fourth-order valence-electron chi connectivity index (χ4n) is 3.60. The molecule has 5 rings (SSSR count). The second-order valence-corrected chi connectivity index (χ2v) is 6.74. The number of hydrogen-bond donors (Lipinski definition) is 0. The molecule has 0 aromatic carbocycles. The first-order chi connectivity index (χ1) is 12.8. The molecule has 0 spiro atoms. The molecule has 0 fully saturated rings. The van der Waals surface area contributed by atoms with Crippen LogP contribution in [0.5, 0.6) is 0 Å². The van der Waals surface area contributed by atoms with Gasteiger partial charge in [0.1, 0.15) is 12.2 Å². The summed E-state index contributed by atoms with van der Waals surface area (Å²) in [5.41, 5.74) is 5.37. The van der Waals surface area contributed by atoms with Crippen LogP contribution < -0.4 is 0 Å². The topological polar surface area (TPSA) is 82.5 Å². The minimum atomic E-state index is 0.390. The Hall–Kier alpha value is -3.09. The summed E-state index contributed by atoms with van der Waals surface area (Å²) in [7, 11) is 0. The van der Waals surface area contributed by atoms with Gasteiger partial charge in [0.05, 0.1) is 6.20 Å². The number of fused-ring (bicyclic) bond motifs is 2. The number of nitrogens with zero attached hydrogens (tertiary/aromatic N) is 6. The number of pyridine rings is 2. The lowest BCUT2D eigenvalue weighted by molar-refractivity contribution is 0.367. The summed E-state index contributed by atoms with van der Waals surface area (Å²) in [5.74, 6) is 1.06. The fraction of sp³-hybridized carbons (Fsp3) is 0.316. The molecule has 7 heteroatoms. The van der Waals surface area contributed by atoms with Gasteiger partial charge in [0, 0.05) is 17.8 Å². The SMILES string of the molecule is Cc1cnc2c(cnn2Cc2nc(-c3nccc4c3CCCC4)no2)c1. The quantitative estimate of drug-likeness (QED) is 0.567. The van der Waals surface area contributed by atoms with Crippen LogP contribution in [-0.4, -0.2) is 29.9 Å². The largest absolute Gasteiger partial charge is 0.337 e. The van der Waals surface area contributed by atoms with Crippen LogP contribution in [-0.2, 0) is 19.4 Å². The molecule has 26 heavy (non-hydrogen) atoms. The van der Waals surface area contributed by atoms with E-state index < -0.39 is 0 Å². The standard InChI is InChI=1S/C19H18N6O/c1-12-8-14-10-22-25(19(14)21-9-12)11-16-23-18(24-26-16)17-15-5-3-2-4-13(15)6-7-20-17/h6-10H,2-5,11H2,1H3. The monoisotopic (exact) mass is 346 g/mol. The smallest absolute Gasteiger partial charge is 0.248 e. The van der Waals surface area contributed by atoms with E-state index in [2.05, 4.69) is 37.3 Å². The molecule has 0 bridgehead atoms. The number of hydrogen-bond acceptors (Lipinski definition) is 6. The van der Waals surface area contributed by atoms with Crippen molar-refractivity contribution in [3.8, 4) is 11.5 Å². The van der Waals surface area contributed by atoms with E-state index >= 15 is 0 Å². The Balaban J connectivity index is 1.47. The normalized spacial score (nSPS) is 13.9. The molecule has 0 saturated carbocycles. The summed E-state index contributed by atoms with van der Waals surface area (Å²) >= 11 is 0. The molecule has 4 heterocycles. The van der Waals surface area contributed by atoms with E-state index in [0.29, 0.717) is 18.3 Å². The summed E-state index contributed by atoms with van der Waals surface area (Å²) < 4.78 is 7.24. The molecule has 1 aliphatic rings. The average Bonchev–Trinajstić information content (AvgIpc) is 3.29. The first kappa shape index (κ1) is 15.2. The number of aryl methyl sites for hydroxylation is 2. The van der Waals surface area contributed by atoms with Crippen molar-refractivity contribution in [3.63, 3.8) is 0 Å². The Labute approximate surface area is 150 Å². The third kappa shape index (κ3) is 2.56. The van der Waals surface area contributed by atoms with Crippen LogP contribution in [0.15, 0.2) is 35.2 Å². The average molecular weight is 346 g/mol. The van der Waals surface area contributed by atoms with Gasteiger partial charge in [-0.05, 0) is 61.4 Å². The highest BCUT2D eigenvalue weighted by molar-refractivity contribution is 5.74. The van der Waals surface area contributed by atoms with Crippen molar-refractivity contribution < 1.29 is 4.52 Å². The van der Waals surface area contributed by atoms with Crippen LogP contribution in [0.25, 0.3) is 22.6 Å². The van der Waals surface area contributed by atoms with Crippen molar-refractivity contribution >= 4 is 11.0 Å². The lowest BCUT2D eigenvalue weighted by Gasteiger charge is -2.16. The van der Waals surface area contributed by atoms with Crippen molar-refractivity contribution in [2.45, 2.75) is 39.2 Å². The Bertz CT molecular complexity index is 1100. The van der Waals surface area contributed by atoms with Crippen LogP contribution in [0.4, 0.5) is 0 Å². The zero-order chi connectivity index (χ0) is 17.5. The van der Waals surface area contributed by atoms with Gasteiger partial charge in [-0.15, -0.1) is 0 Å². The molecule has 4 aromatic heterocycles. The maximum Gasteiger partial charge on any atom is 0.248 e. The predicted molar refractivity (Wildman–Crippen MR) is 95.5 cm³/mol. The number of rotatable bonds is 3. The molecule has 0 atom stereocenters. The maximum absolute atomic E-state index is 5.47. The predicted octanol–water partition coefficient (Wildman–Crippen LogP) is 3.11. The molecule has 0 aliphatic heterocycles. The third-order valence-electron chi connectivity index (χ3n) is 4.85. The first-order valence-corrected chi connectivity index (χ1v) is 8.86. The Morgan fingerprint density at radius 1 is 1.15 bits per heavy atom. The minimum Gasteiger partial charge on any atom is -0.337 e. The van der Waals surface area contributed by atoms with E-state index in [9.17, 15) is 0 Å². The van der Waals surface area contributed by atoms with Gasteiger partial charge in [-0.25, -0.2) is 9.67 Å². The Morgan fingerprint density at radius 2 is 2.08 bits per heavy atom. The van der Waals surface area contributed by atoms with Gasteiger partial charge in [0.15, 0.2) is 5.65 Å². The highest BCUT2D eigenvalue weighted by atomic mass is 16.5. The second kappa shape index (κ2) is 6.01. The van der Waals surface area contributed by atoms with Crippen LogP contribution in [0.2, 0.25) is 0 Å². The highest BCUT2D eigenvalue weighted by Gasteiger charge is 2.19. The van der Waals surface area contributed by atoms with E-state index in [1.54, 1.807) is 4.68 Å². The third-order valence-corrected chi connectivity index (χ3v) is 4.85. The van der Waals surface area contributed by atoms with Crippen LogP contribution in [0, 0.1) is 6.92 Å². The van der Waals surface area contributed by atoms with E-state index in [4.69, 9.17) is 4.52 Å². The summed E-state index contributed by atoms with van der Waals surface area (Å²) in [6.07, 6.45) is 10.0. The van der Waals surface area contributed by atoms with Crippen molar-refractivity contribution in [1.29, 1.82) is 0 Å². The van der Waals surface area contributed by atoms with E-state index in [1.165, 1.54) is 24.0 Å². The first-order valence-electron chi connectivity index (χ1n) is 8.86. The highest BCUT2D eigenvalue weighted by Crippen LogP contribution is 2.28. The fourth-order valence-corrected chi connectivity index (χ4v) is 3.60. The van der Waals surface area contributed by atoms with Gasteiger partial charge in [-0.2, -0.15) is 10.1 Å². The minimum absolute atomic E-state index is 0.390. The Morgan fingerprint density at radius 3 is 3.04 bits per heavy atom. The van der Waals surface area contributed by atoms with Gasteiger partial charge < -0.3 is 4.52 Å². The lowest BCUT2D eigenvalue weighted by atomic mass is 9.91. The molecule has 4 aromatic rings. The molecule has 0 radical (unpaired) electrons. The van der Waals surface area contributed by atoms with Crippen molar-refractivity contribution in [1.82, 2.24) is 29.9 Å².